The first-order chi connectivity index (χ1) is 13.7. The average molecular weight is 458 g/mol. The zero-order chi connectivity index (χ0) is 21.0. The molecule has 8 nitrogen and oxygen atoms in total. The number of halogens is 1. The molecule has 1 saturated heterocycles. The molecule has 1 aliphatic rings. The molecule has 0 radical (unpaired) electrons. The van der Waals surface area contributed by atoms with Crippen molar-refractivity contribution in [2.75, 3.05) is 31.6 Å². The first-order valence-corrected chi connectivity index (χ1v) is 12.5. The van der Waals surface area contributed by atoms with Crippen LogP contribution >= 0.6 is 23.4 Å². The molecule has 1 aromatic heterocycles. The molecule has 1 fully saturated rings. The van der Waals surface area contributed by atoms with E-state index in [1.54, 1.807) is 10.9 Å². The maximum Gasteiger partial charge on any atom is 0.230 e. The van der Waals surface area contributed by atoms with Gasteiger partial charge in [-0.3, -0.25) is 9.36 Å². The van der Waals surface area contributed by atoms with E-state index in [9.17, 15) is 13.2 Å². The van der Waals surface area contributed by atoms with Crippen LogP contribution in [0, 0.1) is 12.8 Å². The molecule has 0 aliphatic carbocycles. The Morgan fingerprint density at radius 3 is 2.72 bits per heavy atom. The Hall–Kier alpha value is -1.62. The predicted molar refractivity (Wildman–Crippen MR) is 114 cm³/mol. The molecule has 29 heavy (non-hydrogen) atoms. The molecule has 0 bridgehead atoms. The van der Waals surface area contributed by atoms with E-state index in [-0.39, 0.29) is 11.7 Å². The van der Waals surface area contributed by atoms with E-state index in [2.05, 4.69) is 15.5 Å². The van der Waals surface area contributed by atoms with Gasteiger partial charge in [-0.05, 0) is 43.4 Å². The Morgan fingerprint density at radius 2 is 2.07 bits per heavy atom. The largest absolute Gasteiger partial charge is 0.355 e. The van der Waals surface area contributed by atoms with E-state index in [4.69, 9.17) is 11.6 Å². The SMILES string of the molecule is Cc1ccc(-n2cnnc2SCC(=O)NCC2CCN(S(C)(=O)=O)CC2)cc1Cl. The molecule has 1 aliphatic heterocycles. The van der Waals surface area contributed by atoms with Crippen LogP contribution in [0.15, 0.2) is 29.7 Å². The van der Waals surface area contributed by atoms with Crippen LogP contribution in [0.1, 0.15) is 18.4 Å². The van der Waals surface area contributed by atoms with Gasteiger partial charge < -0.3 is 5.32 Å². The van der Waals surface area contributed by atoms with E-state index in [1.165, 1.54) is 22.3 Å². The summed E-state index contributed by atoms with van der Waals surface area (Å²) in [7, 11) is -3.13. The van der Waals surface area contributed by atoms with Crippen LogP contribution in [-0.4, -0.2) is 65.0 Å². The second-order valence-electron chi connectivity index (χ2n) is 7.12. The fourth-order valence-electron chi connectivity index (χ4n) is 3.12. The second kappa shape index (κ2) is 9.46. The molecular formula is C18H24ClN5O3S2. The summed E-state index contributed by atoms with van der Waals surface area (Å²) in [6.07, 6.45) is 4.33. The Labute approximate surface area is 180 Å². The third kappa shape index (κ3) is 5.94. The molecule has 0 spiro atoms. The van der Waals surface area contributed by atoms with Crippen LogP contribution in [0.2, 0.25) is 5.02 Å². The van der Waals surface area contributed by atoms with Gasteiger partial charge in [-0.15, -0.1) is 10.2 Å². The van der Waals surface area contributed by atoms with Crippen molar-refractivity contribution in [3.63, 3.8) is 0 Å². The summed E-state index contributed by atoms with van der Waals surface area (Å²) in [6, 6.07) is 5.69. The summed E-state index contributed by atoms with van der Waals surface area (Å²) >= 11 is 7.50. The van der Waals surface area contributed by atoms with E-state index in [1.807, 2.05) is 25.1 Å². The minimum Gasteiger partial charge on any atom is -0.355 e. The molecule has 1 N–H and O–H groups in total. The highest BCUT2D eigenvalue weighted by Gasteiger charge is 2.25. The van der Waals surface area contributed by atoms with E-state index >= 15 is 0 Å². The van der Waals surface area contributed by atoms with E-state index in [0.29, 0.717) is 35.7 Å². The van der Waals surface area contributed by atoms with Crippen molar-refractivity contribution in [3.05, 3.63) is 35.1 Å². The van der Waals surface area contributed by atoms with Crippen molar-refractivity contribution in [1.82, 2.24) is 24.4 Å². The fourth-order valence-corrected chi connectivity index (χ4v) is 4.92. The van der Waals surface area contributed by atoms with Gasteiger partial charge in [-0.1, -0.05) is 29.4 Å². The summed E-state index contributed by atoms with van der Waals surface area (Å²) in [5.41, 5.74) is 1.82. The predicted octanol–water partition coefficient (Wildman–Crippen LogP) is 2.11. The standard InChI is InChI=1S/C18H24ClN5O3S2/c1-13-3-4-15(9-16(13)19)24-12-21-22-18(24)28-11-17(25)20-10-14-5-7-23(8-6-14)29(2,26)27/h3-4,9,12,14H,5-8,10-11H2,1-2H3,(H,20,25). The Bertz CT molecular complexity index is 972. The lowest BCUT2D eigenvalue weighted by molar-refractivity contribution is -0.118. The van der Waals surface area contributed by atoms with Crippen LogP contribution in [0.25, 0.3) is 5.69 Å². The van der Waals surface area contributed by atoms with Gasteiger partial charge in [-0.2, -0.15) is 0 Å². The number of sulfonamides is 1. The molecule has 1 amide bonds. The van der Waals surface area contributed by atoms with Gasteiger partial charge in [-0.25, -0.2) is 12.7 Å². The zero-order valence-corrected chi connectivity index (χ0v) is 18.7. The minimum atomic E-state index is -3.13. The lowest BCUT2D eigenvalue weighted by Gasteiger charge is -2.30. The number of amides is 1. The van der Waals surface area contributed by atoms with Gasteiger partial charge in [0.1, 0.15) is 6.33 Å². The van der Waals surface area contributed by atoms with Crippen LogP contribution in [0.3, 0.4) is 0 Å². The summed E-state index contributed by atoms with van der Waals surface area (Å²) in [4.78, 5) is 12.2. The number of nitrogens with one attached hydrogen (secondary N) is 1. The number of thioether (sulfide) groups is 1. The van der Waals surface area contributed by atoms with Gasteiger partial charge in [0, 0.05) is 24.7 Å². The number of nitrogens with zero attached hydrogens (tertiary/aromatic N) is 4. The van der Waals surface area contributed by atoms with Gasteiger partial charge in [0.05, 0.1) is 17.7 Å². The molecule has 1 aromatic carbocycles. The molecule has 2 aromatic rings. The Morgan fingerprint density at radius 1 is 1.34 bits per heavy atom. The highest BCUT2D eigenvalue weighted by molar-refractivity contribution is 7.99. The van der Waals surface area contributed by atoms with Gasteiger partial charge in [0.2, 0.25) is 15.9 Å². The van der Waals surface area contributed by atoms with Crippen molar-refractivity contribution in [2.45, 2.75) is 24.9 Å². The normalized spacial score (nSPS) is 16.1. The lowest BCUT2D eigenvalue weighted by atomic mass is 9.98. The van der Waals surface area contributed by atoms with Crippen LogP contribution in [0.4, 0.5) is 0 Å². The summed E-state index contributed by atoms with van der Waals surface area (Å²) in [6.45, 7) is 3.51. The lowest BCUT2D eigenvalue weighted by Crippen LogP contribution is -2.41. The van der Waals surface area contributed by atoms with Crippen LogP contribution < -0.4 is 5.32 Å². The number of hydrogen-bond donors (Lipinski definition) is 1. The molecule has 2 heterocycles. The first kappa shape index (κ1) is 22.1. The molecular weight excluding hydrogens is 434 g/mol. The zero-order valence-electron chi connectivity index (χ0n) is 16.3. The van der Waals surface area contributed by atoms with Crippen molar-refractivity contribution in [1.29, 1.82) is 0 Å². The number of carbonyl (C=O) groups is 1. The number of carbonyl (C=O) groups excluding carboxylic acids is 1. The van der Waals surface area contributed by atoms with Crippen molar-refractivity contribution in [3.8, 4) is 5.69 Å². The smallest absolute Gasteiger partial charge is 0.230 e. The molecule has 11 heteroatoms. The Kier molecular flexibility index (Phi) is 7.20. The number of benzene rings is 1. The van der Waals surface area contributed by atoms with Crippen molar-refractivity contribution >= 4 is 39.3 Å². The van der Waals surface area contributed by atoms with Crippen molar-refractivity contribution in [2.24, 2.45) is 5.92 Å². The van der Waals surface area contributed by atoms with Gasteiger partial charge in [0.25, 0.3) is 0 Å². The highest BCUT2D eigenvalue weighted by Crippen LogP contribution is 2.24. The monoisotopic (exact) mass is 457 g/mol. The number of aromatic nitrogens is 3. The van der Waals surface area contributed by atoms with Crippen LogP contribution in [-0.2, 0) is 14.8 Å². The molecule has 0 saturated carbocycles. The van der Waals surface area contributed by atoms with Gasteiger partial charge in [0.15, 0.2) is 5.16 Å². The molecule has 0 atom stereocenters. The molecule has 3 rings (SSSR count). The summed E-state index contributed by atoms with van der Waals surface area (Å²) < 4.78 is 26.4. The number of aryl methyl sites for hydroxylation is 1. The maximum atomic E-state index is 12.2. The number of piperidine rings is 1. The molecule has 158 valence electrons. The first-order valence-electron chi connectivity index (χ1n) is 9.25. The number of hydrogen-bond acceptors (Lipinski definition) is 6. The topological polar surface area (TPSA) is 97.2 Å². The van der Waals surface area contributed by atoms with E-state index < -0.39 is 10.0 Å². The third-order valence-electron chi connectivity index (χ3n) is 4.91. The van der Waals surface area contributed by atoms with Gasteiger partial charge >= 0.3 is 0 Å². The highest BCUT2D eigenvalue weighted by atomic mass is 35.5. The fraction of sp³-hybridized carbons (Fsp3) is 0.500. The van der Waals surface area contributed by atoms with Crippen molar-refractivity contribution < 1.29 is 13.2 Å². The second-order valence-corrected chi connectivity index (χ2v) is 10.4. The maximum absolute atomic E-state index is 12.2. The molecule has 0 unspecified atom stereocenters. The number of rotatable bonds is 7. The Balaban J connectivity index is 1.47. The minimum absolute atomic E-state index is 0.0861. The summed E-state index contributed by atoms with van der Waals surface area (Å²) in [5, 5.41) is 12.2. The summed E-state index contributed by atoms with van der Waals surface area (Å²) in [5.74, 6) is 0.429. The van der Waals surface area contributed by atoms with E-state index in [0.717, 1.165) is 24.1 Å². The van der Waals surface area contributed by atoms with Crippen LogP contribution in [0.5, 0.6) is 0 Å². The average Bonchev–Trinajstić information content (AvgIpc) is 3.15. The quantitative estimate of drug-likeness (QED) is 0.639. The third-order valence-corrected chi connectivity index (χ3v) is 7.57.